The summed E-state index contributed by atoms with van der Waals surface area (Å²) in [5, 5.41) is 11.9. The molecule has 5 aromatic rings. The Morgan fingerprint density at radius 2 is 1.77 bits per heavy atom. The van der Waals surface area contributed by atoms with Crippen LogP contribution < -0.4 is 18.9 Å². The average Bonchev–Trinajstić information content (AvgIpc) is 3.78. The van der Waals surface area contributed by atoms with Gasteiger partial charge in [-0.25, -0.2) is 33.5 Å². The van der Waals surface area contributed by atoms with Gasteiger partial charge in [-0.05, 0) is 106 Å². The van der Waals surface area contributed by atoms with E-state index in [9.17, 15) is 14.3 Å². The monoisotopic (exact) mass is 1090 g/mol. The highest BCUT2D eigenvalue weighted by molar-refractivity contribution is 7.20. The maximum Gasteiger partial charge on any atom is 0.345 e. The first-order valence-corrected chi connectivity index (χ1v) is 26.8. The minimum atomic E-state index is -1.51. The third kappa shape index (κ3) is 12.9. The Morgan fingerprint density at radius 3 is 2.48 bits per heavy atom. The molecular weight excluding hydrogens is 1030 g/mol. The highest BCUT2D eigenvalue weighted by Gasteiger charge is 2.38. The van der Waals surface area contributed by atoms with E-state index in [2.05, 4.69) is 38.4 Å². The van der Waals surface area contributed by atoms with Crippen molar-refractivity contribution in [1.29, 1.82) is 0 Å². The van der Waals surface area contributed by atoms with Crippen LogP contribution in [0.25, 0.3) is 26.9 Å². The van der Waals surface area contributed by atoms with Crippen LogP contribution >= 0.6 is 34.5 Å². The Labute approximate surface area is 449 Å². The summed E-state index contributed by atoms with van der Waals surface area (Å²) in [6, 6.07) is 6.99. The van der Waals surface area contributed by atoms with Crippen molar-refractivity contribution in [1.82, 2.24) is 29.7 Å². The van der Waals surface area contributed by atoms with Gasteiger partial charge in [-0.2, -0.15) is 0 Å². The van der Waals surface area contributed by atoms with E-state index in [-0.39, 0.29) is 66.5 Å². The number of hydrogen-bond acceptors (Lipinski definition) is 15. The van der Waals surface area contributed by atoms with Gasteiger partial charge in [-0.1, -0.05) is 41.9 Å². The van der Waals surface area contributed by atoms with E-state index >= 15 is 4.39 Å². The number of thiophene rings is 1. The third-order valence-corrected chi connectivity index (χ3v) is 16.2. The van der Waals surface area contributed by atoms with Crippen LogP contribution in [0, 0.1) is 13.8 Å². The van der Waals surface area contributed by atoms with Crippen molar-refractivity contribution in [3.63, 3.8) is 0 Å². The summed E-state index contributed by atoms with van der Waals surface area (Å²) in [6.07, 6.45) is 6.82. The predicted molar refractivity (Wildman–Crippen MR) is 284 cm³/mol. The number of benzene rings is 2. The van der Waals surface area contributed by atoms with Gasteiger partial charge in [-0.15, -0.1) is 11.3 Å². The van der Waals surface area contributed by atoms with Crippen molar-refractivity contribution in [3.05, 3.63) is 111 Å². The summed E-state index contributed by atoms with van der Waals surface area (Å²) in [5.74, 6) is -0.0581. The van der Waals surface area contributed by atoms with Gasteiger partial charge in [0, 0.05) is 67.3 Å². The first-order chi connectivity index (χ1) is 36.2. The molecule has 2 saturated heterocycles. The molecule has 4 bridgehead atoms. The number of carboxylic acids is 1. The Balaban J connectivity index is 1.05. The van der Waals surface area contributed by atoms with Crippen molar-refractivity contribution in [2.75, 3.05) is 79.4 Å². The Bertz CT molecular complexity index is 2910. The summed E-state index contributed by atoms with van der Waals surface area (Å²) in [6.45, 7) is 14.9. The fourth-order valence-corrected chi connectivity index (χ4v) is 11.6. The van der Waals surface area contributed by atoms with Crippen LogP contribution in [-0.4, -0.2) is 144 Å². The smallest absolute Gasteiger partial charge is 0.345 e. The van der Waals surface area contributed by atoms with Gasteiger partial charge in [0.2, 0.25) is 12.0 Å². The lowest BCUT2D eigenvalue weighted by atomic mass is 9.80. The highest BCUT2D eigenvalue weighted by atomic mass is 35.5. The molecule has 400 valence electrons. The molecule has 4 aliphatic heterocycles. The van der Waals surface area contributed by atoms with Gasteiger partial charge in [0.1, 0.15) is 59.6 Å². The van der Waals surface area contributed by atoms with Crippen molar-refractivity contribution in [2.24, 2.45) is 0 Å². The molecule has 0 spiro atoms. The second-order valence-corrected chi connectivity index (χ2v) is 21.4. The summed E-state index contributed by atoms with van der Waals surface area (Å²) < 4.78 is 73.4. The van der Waals surface area contributed by atoms with Crippen LogP contribution in [-0.2, 0) is 32.0 Å². The molecule has 1 aliphatic carbocycles. The number of piperazine rings is 1. The summed E-state index contributed by atoms with van der Waals surface area (Å²) in [7, 11) is 2.09. The lowest BCUT2D eigenvalue weighted by molar-refractivity contribution is -0.145. The molecule has 3 aromatic heterocycles. The van der Waals surface area contributed by atoms with E-state index in [0.29, 0.717) is 124 Å². The Morgan fingerprint density at radius 1 is 1.00 bits per heavy atom. The number of alkyl halides is 1. The molecule has 5 aliphatic rings. The van der Waals surface area contributed by atoms with Crippen LogP contribution in [0.15, 0.2) is 67.4 Å². The normalized spacial score (nSPS) is 23.3. The van der Waals surface area contributed by atoms with Crippen molar-refractivity contribution < 1.29 is 51.8 Å². The van der Waals surface area contributed by atoms with Gasteiger partial charge < -0.3 is 43.2 Å². The molecule has 1 saturated carbocycles. The summed E-state index contributed by atoms with van der Waals surface area (Å²) >= 11 is 16.0. The van der Waals surface area contributed by atoms with Crippen LogP contribution in [0.4, 0.5) is 8.78 Å². The van der Waals surface area contributed by atoms with Gasteiger partial charge in [0.25, 0.3) is 0 Å². The van der Waals surface area contributed by atoms with E-state index in [1.807, 2.05) is 13.8 Å². The maximum absolute atomic E-state index is 15.9. The molecule has 0 amide bonds. The van der Waals surface area contributed by atoms with E-state index < -0.39 is 29.7 Å². The van der Waals surface area contributed by atoms with E-state index in [1.54, 1.807) is 42.6 Å². The second-order valence-electron chi connectivity index (χ2n) is 19.6. The average molecular weight is 1090 g/mol. The molecule has 7 heterocycles. The number of carbonyl (C=O) groups is 1. The summed E-state index contributed by atoms with van der Waals surface area (Å²) in [5.41, 5.74) is 2.56. The zero-order valence-electron chi connectivity index (χ0n) is 42.6. The zero-order chi connectivity index (χ0) is 52.8. The molecule has 0 unspecified atom stereocenters. The number of rotatable bonds is 14. The number of nitrogens with zero attached hydrogens (tertiary/aromatic N) is 6. The van der Waals surface area contributed by atoms with Gasteiger partial charge in [0.05, 0.1) is 60.0 Å². The Kier molecular flexibility index (Phi) is 17.7. The van der Waals surface area contributed by atoms with Gasteiger partial charge >= 0.3 is 5.97 Å². The number of fused-ring (bicyclic) bond motifs is 7. The van der Waals surface area contributed by atoms with Crippen LogP contribution in [0.5, 0.6) is 23.1 Å². The van der Waals surface area contributed by atoms with Gasteiger partial charge in [0.15, 0.2) is 5.75 Å². The molecule has 2 aromatic carbocycles. The number of halogens is 4. The van der Waals surface area contributed by atoms with Gasteiger partial charge in [-0.3, -0.25) is 4.90 Å². The lowest BCUT2D eigenvalue weighted by Crippen LogP contribution is -2.49. The van der Waals surface area contributed by atoms with E-state index in [4.69, 9.17) is 61.3 Å². The third-order valence-electron chi connectivity index (χ3n) is 14.1. The van der Waals surface area contributed by atoms with Crippen molar-refractivity contribution in [2.45, 2.75) is 89.4 Å². The number of carboxylic acid groups (broad SMARTS) is 1. The van der Waals surface area contributed by atoms with E-state index in [1.165, 1.54) is 30.7 Å². The highest BCUT2D eigenvalue weighted by Crippen LogP contribution is 2.52. The number of likely N-dealkylation sites (N-methyl/N-ethyl adjacent to an activating group) is 1. The molecule has 1 N–H and O–H groups in total. The maximum atomic E-state index is 15.9. The SMILES string of the molecule is C=C/C(=C\C=C(/C)F)c1sc2ncnc3c2c1-c1c(C)c(Cl)c(c(Cl)c1C)O[C@H](CN1CCN(C)CC1)COc1ccc(OCc2ccnc(C4CCC(F)(COC[C@H]5COCCO5)CC4)n2)c(c1)C[C@H](C(=O)O)O3. The molecule has 0 radical (unpaired) electrons. The molecule has 10 rings (SSSR count). The molecular formula is C55H62Cl2F2N6O9S. The van der Waals surface area contributed by atoms with Crippen molar-refractivity contribution in [3.8, 4) is 34.3 Å². The first-order valence-electron chi connectivity index (χ1n) is 25.2. The fourth-order valence-electron chi connectivity index (χ4n) is 9.94. The number of aromatic nitrogens is 4. The predicted octanol–water partition coefficient (Wildman–Crippen LogP) is 10.4. The lowest BCUT2D eigenvalue weighted by Gasteiger charge is -2.35. The van der Waals surface area contributed by atoms with E-state index in [0.717, 1.165) is 26.2 Å². The number of aliphatic carboxylic acids is 1. The van der Waals surface area contributed by atoms with Crippen molar-refractivity contribution >= 4 is 56.3 Å². The second kappa shape index (κ2) is 24.3. The zero-order valence-corrected chi connectivity index (χ0v) is 44.9. The number of ether oxygens (including phenoxy) is 7. The minimum absolute atomic E-state index is 0.00962. The van der Waals surface area contributed by atoms with Crippen LogP contribution in [0.3, 0.4) is 0 Å². The first kappa shape index (κ1) is 54.5. The molecule has 15 nitrogen and oxygen atoms in total. The minimum Gasteiger partial charge on any atom is -0.490 e. The molecule has 20 heteroatoms. The topological polar surface area (TPSA) is 160 Å². The number of allylic oxidation sites excluding steroid dienone is 5. The molecule has 3 atom stereocenters. The molecule has 3 fully saturated rings. The van der Waals surface area contributed by atoms with Crippen LogP contribution in [0.1, 0.15) is 71.6 Å². The number of hydrogen-bond donors (Lipinski definition) is 1. The fraction of sp³-hybridized carbons (Fsp3) is 0.473. The Hall–Kier alpha value is -5.31. The van der Waals surface area contributed by atoms with Crippen LogP contribution in [0.2, 0.25) is 10.0 Å². The standard InChI is InChI=1S/C55H62Cl2F2N6O9S/c1-6-35(8-7-32(2)58)50-45-44-33(3)47(56)49(48(57)34(44)4)73-40(25-65-19-17-64(5)18-20-65)29-71-39-9-10-42(37(23-39)24-43(54(66)67)74-52-46(45)53(75-50)62-31-61-52)72-26-38-13-16-60-51(63-38)36-11-14-55(59,15-12-36)30-69-28-41-27-68-21-22-70-41/h6-10,13,16,23,31,36,40-41,43H,1,11-12,14-15,17-22,24-30H2,2-5H3,(H,66,67)/b32-7+,35-8+/t36?,40-,41-,43-,55?/m1/s1. The summed E-state index contributed by atoms with van der Waals surface area (Å²) in [4.78, 5) is 37.7. The quantitative estimate of drug-likeness (QED) is 0.105. The largest absolute Gasteiger partial charge is 0.490 e. The molecule has 75 heavy (non-hydrogen) atoms.